The standard InChI is InChI=1S/C19H22N2O2/c1-12-5-3-4-6-15(12)19(20)14-7-8-18-16(11-14)17(9-10-23-18)21-13(2)22/h3-8,11,17,19H,9-10,20H2,1-2H3,(H,21,22). The van der Waals surface area contributed by atoms with Gasteiger partial charge in [0.15, 0.2) is 0 Å². The molecule has 0 saturated heterocycles. The quantitative estimate of drug-likeness (QED) is 0.916. The molecule has 0 bridgehead atoms. The maximum Gasteiger partial charge on any atom is 0.217 e. The van der Waals surface area contributed by atoms with E-state index in [0.29, 0.717) is 6.61 Å². The first-order valence-corrected chi connectivity index (χ1v) is 7.91. The van der Waals surface area contributed by atoms with Crippen molar-refractivity contribution in [1.29, 1.82) is 0 Å². The summed E-state index contributed by atoms with van der Waals surface area (Å²) >= 11 is 0. The number of hydrogen-bond donors (Lipinski definition) is 2. The molecule has 120 valence electrons. The number of fused-ring (bicyclic) bond motifs is 1. The van der Waals surface area contributed by atoms with Crippen molar-refractivity contribution in [3.63, 3.8) is 0 Å². The van der Waals surface area contributed by atoms with Crippen LogP contribution >= 0.6 is 0 Å². The van der Waals surface area contributed by atoms with Crippen molar-refractivity contribution in [2.24, 2.45) is 5.73 Å². The summed E-state index contributed by atoms with van der Waals surface area (Å²) in [6.45, 7) is 4.22. The Morgan fingerprint density at radius 3 is 2.83 bits per heavy atom. The van der Waals surface area contributed by atoms with Gasteiger partial charge in [0.05, 0.1) is 18.7 Å². The molecule has 2 unspecified atom stereocenters. The van der Waals surface area contributed by atoms with Gasteiger partial charge in [-0.15, -0.1) is 0 Å². The van der Waals surface area contributed by atoms with E-state index in [1.54, 1.807) is 0 Å². The van der Waals surface area contributed by atoms with Crippen molar-refractivity contribution in [2.75, 3.05) is 6.61 Å². The lowest BCUT2D eigenvalue weighted by Gasteiger charge is -2.28. The van der Waals surface area contributed by atoms with Gasteiger partial charge in [0.1, 0.15) is 5.75 Å². The fourth-order valence-corrected chi connectivity index (χ4v) is 3.12. The SMILES string of the molecule is CC(=O)NC1CCOc2ccc(C(N)c3ccccc3C)cc21. The highest BCUT2D eigenvalue weighted by molar-refractivity contribution is 5.73. The molecule has 1 heterocycles. The number of amides is 1. The van der Waals surface area contributed by atoms with Gasteiger partial charge in [0.25, 0.3) is 0 Å². The van der Waals surface area contributed by atoms with E-state index in [-0.39, 0.29) is 18.0 Å². The molecule has 1 aliphatic rings. The number of hydrogen-bond acceptors (Lipinski definition) is 3. The van der Waals surface area contributed by atoms with E-state index in [4.69, 9.17) is 10.5 Å². The molecule has 0 saturated carbocycles. The summed E-state index contributed by atoms with van der Waals surface area (Å²) in [6.07, 6.45) is 0.773. The Balaban J connectivity index is 1.96. The van der Waals surface area contributed by atoms with E-state index in [1.807, 2.05) is 24.3 Å². The van der Waals surface area contributed by atoms with Gasteiger partial charge in [-0.2, -0.15) is 0 Å². The number of rotatable bonds is 3. The molecule has 2 atom stereocenters. The molecule has 0 radical (unpaired) electrons. The van der Waals surface area contributed by atoms with Crippen LogP contribution in [0.1, 0.15) is 47.7 Å². The Kier molecular flexibility index (Phi) is 4.35. The highest BCUT2D eigenvalue weighted by Crippen LogP contribution is 2.35. The summed E-state index contributed by atoms with van der Waals surface area (Å²) < 4.78 is 5.71. The van der Waals surface area contributed by atoms with E-state index >= 15 is 0 Å². The zero-order valence-corrected chi connectivity index (χ0v) is 13.5. The summed E-state index contributed by atoms with van der Waals surface area (Å²) in [5, 5.41) is 3.00. The van der Waals surface area contributed by atoms with Gasteiger partial charge >= 0.3 is 0 Å². The lowest BCUT2D eigenvalue weighted by atomic mass is 9.91. The second-order valence-corrected chi connectivity index (χ2v) is 6.02. The summed E-state index contributed by atoms with van der Waals surface area (Å²) in [7, 11) is 0. The van der Waals surface area contributed by atoms with Crippen molar-refractivity contribution in [2.45, 2.75) is 32.4 Å². The summed E-state index contributed by atoms with van der Waals surface area (Å²) in [6, 6.07) is 14.0. The van der Waals surface area contributed by atoms with Crippen molar-refractivity contribution < 1.29 is 9.53 Å². The molecule has 0 aromatic heterocycles. The smallest absolute Gasteiger partial charge is 0.217 e. The third-order valence-electron chi connectivity index (χ3n) is 4.33. The molecule has 0 fully saturated rings. The van der Waals surface area contributed by atoms with Crippen LogP contribution < -0.4 is 15.8 Å². The van der Waals surface area contributed by atoms with Gasteiger partial charge in [0.2, 0.25) is 5.91 Å². The second kappa shape index (κ2) is 6.42. The molecule has 1 aliphatic heterocycles. The minimum atomic E-state index is -0.193. The molecule has 2 aromatic rings. The number of carbonyl (C=O) groups excluding carboxylic acids is 1. The minimum absolute atomic E-state index is 0.0136. The Hall–Kier alpha value is -2.33. The Labute approximate surface area is 136 Å². The molecule has 23 heavy (non-hydrogen) atoms. The number of ether oxygens (including phenoxy) is 1. The molecule has 4 heteroatoms. The molecule has 0 spiro atoms. The second-order valence-electron chi connectivity index (χ2n) is 6.02. The molecule has 3 N–H and O–H groups in total. The Bertz CT molecular complexity index is 727. The van der Waals surface area contributed by atoms with Crippen LogP contribution in [0.25, 0.3) is 0 Å². The van der Waals surface area contributed by atoms with Crippen LogP contribution in [0.5, 0.6) is 5.75 Å². The molecular formula is C19H22N2O2. The Morgan fingerprint density at radius 2 is 2.09 bits per heavy atom. The van der Waals surface area contributed by atoms with Crippen LogP contribution in [-0.4, -0.2) is 12.5 Å². The number of nitrogens with one attached hydrogen (secondary N) is 1. The summed E-state index contributed by atoms with van der Waals surface area (Å²) in [5.74, 6) is 0.798. The predicted octanol–water partition coefficient (Wildman–Crippen LogP) is 3.00. The van der Waals surface area contributed by atoms with Crippen molar-refractivity contribution in [1.82, 2.24) is 5.32 Å². The lowest BCUT2D eigenvalue weighted by molar-refractivity contribution is -0.119. The average Bonchev–Trinajstić information content (AvgIpc) is 2.54. The molecule has 4 nitrogen and oxygen atoms in total. The van der Waals surface area contributed by atoms with Gasteiger partial charge in [-0.25, -0.2) is 0 Å². The third-order valence-corrected chi connectivity index (χ3v) is 4.33. The number of aryl methyl sites for hydroxylation is 1. The van der Waals surface area contributed by atoms with E-state index in [0.717, 1.165) is 28.9 Å². The van der Waals surface area contributed by atoms with Crippen molar-refractivity contribution in [3.8, 4) is 5.75 Å². The maximum absolute atomic E-state index is 11.4. The molecule has 1 amide bonds. The molecule has 2 aromatic carbocycles. The summed E-state index contributed by atoms with van der Waals surface area (Å²) in [4.78, 5) is 11.4. The van der Waals surface area contributed by atoms with Crippen LogP contribution in [0.2, 0.25) is 0 Å². The van der Waals surface area contributed by atoms with Gasteiger partial charge in [0, 0.05) is 18.9 Å². The van der Waals surface area contributed by atoms with E-state index in [2.05, 4.69) is 30.4 Å². The van der Waals surface area contributed by atoms with Gasteiger partial charge in [-0.05, 0) is 35.7 Å². The topological polar surface area (TPSA) is 64.3 Å². The molecular weight excluding hydrogens is 288 g/mol. The van der Waals surface area contributed by atoms with Crippen molar-refractivity contribution >= 4 is 5.91 Å². The van der Waals surface area contributed by atoms with E-state index < -0.39 is 0 Å². The fraction of sp³-hybridized carbons (Fsp3) is 0.316. The van der Waals surface area contributed by atoms with Gasteiger partial charge in [-0.3, -0.25) is 4.79 Å². The summed E-state index contributed by atoms with van der Waals surface area (Å²) in [5.41, 5.74) is 10.8. The first kappa shape index (κ1) is 15.6. The zero-order valence-electron chi connectivity index (χ0n) is 13.5. The van der Waals surface area contributed by atoms with Crippen LogP contribution in [-0.2, 0) is 4.79 Å². The third kappa shape index (κ3) is 3.22. The number of nitrogens with two attached hydrogens (primary N) is 1. The van der Waals surface area contributed by atoms with Gasteiger partial charge in [-0.1, -0.05) is 30.3 Å². The first-order valence-electron chi connectivity index (χ1n) is 7.91. The monoisotopic (exact) mass is 310 g/mol. The number of carbonyl (C=O) groups is 1. The Morgan fingerprint density at radius 1 is 1.30 bits per heavy atom. The van der Waals surface area contributed by atoms with Crippen molar-refractivity contribution in [3.05, 3.63) is 64.7 Å². The highest BCUT2D eigenvalue weighted by atomic mass is 16.5. The van der Waals surface area contributed by atoms with Crippen LogP contribution in [0.15, 0.2) is 42.5 Å². The zero-order chi connectivity index (χ0) is 16.4. The molecule has 3 rings (SSSR count). The normalized spacial score (nSPS) is 17.8. The van der Waals surface area contributed by atoms with Gasteiger partial charge < -0.3 is 15.8 Å². The maximum atomic E-state index is 11.4. The van der Waals surface area contributed by atoms with Crippen LogP contribution in [0, 0.1) is 6.92 Å². The highest BCUT2D eigenvalue weighted by Gasteiger charge is 2.23. The first-order chi connectivity index (χ1) is 11.1. The largest absolute Gasteiger partial charge is 0.493 e. The average molecular weight is 310 g/mol. The molecule has 0 aliphatic carbocycles. The lowest BCUT2D eigenvalue weighted by Crippen LogP contribution is -2.30. The van der Waals surface area contributed by atoms with E-state index in [1.165, 1.54) is 12.5 Å². The minimum Gasteiger partial charge on any atom is -0.493 e. The van der Waals surface area contributed by atoms with Crippen LogP contribution in [0.4, 0.5) is 0 Å². The fourth-order valence-electron chi connectivity index (χ4n) is 3.12. The van der Waals surface area contributed by atoms with E-state index in [9.17, 15) is 4.79 Å². The predicted molar refractivity (Wildman–Crippen MR) is 90.3 cm³/mol. The van der Waals surface area contributed by atoms with Crippen LogP contribution in [0.3, 0.4) is 0 Å². The number of benzene rings is 2.